The van der Waals surface area contributed by atoms with Gasteiger partial charge in [-0.25, -0.2) is 4.79 Å². The summed E-state index contributed by atoms with van der Waals surface area (Å²) in [5.41, 5.74) is 0. The van der Waals surface area contributed by atoms with Gasteiger partial charge in [0.15, 0.2) is 8.24 Å². The fourth-order valence-electron chi connectivity index (χ4n) is 5.30. The molecule has 2 rings (SSSR count). The number of amides is 3. The molecule has 1 heterocycles. The first kappa shape index (κ1) is 20.5. The minimum atomic E-state index is -2.06. The van der Waals surface area contributed by atoms with Gasteiger partial charge >= 0.3 is 6.03 Å². The van der Waals surface area contributed by atoms with E-state index in [9.17, 15) is 9.59 Å². The Morgan fingerprint density at radius 2 is 1.40 bits per heavy atom. The van der Waals surface area contributed by atoms with Gasteiger partial charge in [-0.3, -0.25) is 9.36 Å². The molecule has 3 amide bonds. The van der Waals surface area contributed by atoms with Gasteiger partial charge in [-0.15, -0.1) is 0 Å². The van der Waals surface area contributed by atoms with Gasteiger partial charge in [-0.1, -0.05) is 66.2 Å². The smallest absolute Gasteiger partial charge is 0.310 e. The highest BCUT2D eigenvalue weighted by Gasteiger charge is 2.55. The number of imide groups is 1. The van der Waals surface area contributed by atoms with E-state index in [1.54, 1.807) is 0 Å². The minimum absolute atomic E-state index is 0.0748. The summed E-state index contributed by atoms with van der Waals surface area (Å²) in [6, 6.07) is 3.37. The molecule has 2 fully saturated rings. The third-order valence-corrected chi connectivity index (χ3v) is 11.9. The second-order valence-corrected chi connectivity index (χ2v) is 12.4. The third-order valence-electron chi connectivity index (χ3n) is 6.23. The van der Waals surface area contributed by atoms with Gasteiger partial charge in [-0.2, -0.15) is 0 Å². The average molecular weight is 367 g/mol. The number of rotatable bonds is 9. The molecule has 1 saturated carbocycles. The highest BCUT2D eigenvalue weighted by atomic mass is 28.3. The van der Waals surface area contributed by atoms with Crippen LogP contribution in [0.4, 0.5) is 4.79 Å². The van der Waals surface area contributed by atoms with Crippen LogP contribution >= 0.6 is 0 Å². The second-order valence-electron chi connectivity index (χ2n) is 8.05. The lowest BCUT2D eigenvalue weighted by atomic mass is 9.93. The molecule has 25 heavy (non-hydrogen) atoms. The van der Waals surface area contributed by atoms with Crippen LogP contribution in [0, 0.1) is 0 Å². The maximum absolute atomic E-state index is 13.5. The first-order valence-electron chi connectivity index (χ1n) is 10.7. The number of carbonyl (C=O) groups excluding carboxylic acids is 2. The van der Waals surface area contributed by atoms with E-state index in [1.807, 2.05) is 9.47 Å². The van der Waals surface area contributed by atoms with Crippen molar-refractivity contribution < 1.29 is 9.59 Å². The molecule has 4 nitrogen and oxygen atoms in total. The van der Waals surface area contributed by atoms with Crippen molar-refractivity contribution in [2.75, 3.05) is 0 Å². The topological polar surface area (TPSA) is 40.6 Å². The van der Waals surface area contributed by atoms with Crippen LogP contribution in [-0.2, 0) is 4.79 Å². The summed E-state index contributed by atoms with van der Waals surface area (Å²) in [5.74, 6) is 0.139. The molecule has 2 aliphatic rings. The van der Waals surface area contributed by atoms with Gasteiger partial charge in [0.2, 0.25) is 5.91 Å². The first-order valence-corrected chi connectivity index (χ1v) is 13.3. The highest BCUT2D eigenvalue weighted by molar-refractivity contribution is 6.81. The Labute approximate surface area is 155 Å². The predicted molar refractivity (Wildman–Crippen MR) is 106 cm³/mol. The van der Waals surface area contributed by atoms with Crippen LogP contribution in [0.25, 0.3) is 0 Å². The van der Waals surface area contributed by atoms with E-state index in [0.29, 0.717) is 0 Å². The van der Waals surface area contributed by atoms with Crippen LogP contribution in [0.2, 0.25) is 18.1 Å². The van der Waals surface area contributed by atoms with E-state index in [2.05, 4.69) is 27.7 Å². The second kappa shape index (κ2) is 9.20. The number of carbonyl (C=O) groups is 2. The van der Waals surface area contributed by atoms with Gasteiger partial charge < -0.3 is 4.90 Å². The third kappa shape index (κ3) is 3.96. The molecule has 0 aromatic carbocycles. The lowest BCUT2D eigenvalue weighted by molar-refractivity contribution is -0.126. The maximum atomic E-state index is 13.5. The number of urea groups is 1. The van der Waals surface area contributed by atoms with E-state index >= 15 is 0 Å². The van der Waals surface area contributed by atoms with Gasteiger partial charge in [0, 0.05) is 6.04 Å². The molecule has 0 N–H and O–H groups in total. The average Bonchev–Trinajstić information content (AvgIpc) is 2.86. The largest absolute Gasteiger partial charge is 0.319 e. The number of nitrogens with zero attached hydrogens (tertiary/aromatic N) is 2. The van der Waals surface area contributed by atoms with Crippen LogP contribution in [-0.4, -0.2) is 41.7 Å². The molecule has 1 aliphatic heterocycles. The highest BCUT2D eigenvalue weighted by Crippen LogP contribution is 2.38. The van der Waals surface area contributed by atoms with E-state index < -0.39 is 8.24 Å². The molecule has 0 radical (unpaired) electrons. The van der Waals surface area contributed by atoms with Crippen molar-refractivity contribution in [1.29, 1.82) is 0 Å². The normalized spacial score (nSPS) is 23.0. The van der Waals surface area contributed by atoms with Crippen molar-refractivity contribution in [3.8, 4) is 0 Å². The Hall–Kier alpha value is -0.843. The molecule has 1 aliphatic carbocycles. The minimum Gasteiger partial charge on any atom is -0.310 e. The molecule has 1 atom stereocenters. The summed E-state index contributed by atoms with van der Waals surface area (Å²) in [7, 11) is -2.06. The van der Waals surface area contributed by atoms with Crippen LogP contribution < -0.4 is 0 Å². The van der Waals surface area contributed by atoms with Crippen LogP contribution in [0.3, 0.4) is 0 Å². The van der Waals surface area contributed by atoms with Gasteiger partial charge in [0.1, 0.15) is 6.04 Å². The molecule has 144 valence electrons. The summed E-state index contributed by atoms with van der Waals surface area (Å²) in [6.07, 6.45) is 9.79. The molecule has 0 aromatic rings. The van der Waals surface area contributed by atoms with Crippen molar-refractivity contribution in [3.05, 3.63) is 0 Å². The van der Waals surface area contributed by atoms with Crippen molar-refractivity contribution >= 4 is 20.2 Å². The lowest BCUT2D eigenvalue weighted by Crippen LogP contribution is -2.57. The van der Waals surface area contributed by atoms with E-state index in [4.69, 9.17) is 0 Å². The monoisotopic (exact) mass is 366 g/mol. The fourth-order valence-corrected chi connectivity index (χ4v) is 10.6. The molecule has 1 unspecified atom stereocenters. The predicted octanol–water partition coefficient (Wildman–Crippen LogP) is 5.54. The lowest BCUT2D eigenvalue weighted by Gasteiger charge is -2.39. The Morgan fingerprint density at radius 1 is 0.880 bits per heavy atom. The summed E-state index contributed by atoms with van der Waals surface area (Å²) in [4.78, 5) is 28.9. The van der Waals surface area contributed by atoms with Crippen LogP contribution in [0.15, 0.2) is 0 Å². The number of hydrogen-bond donors (Lipinski definition) is 0. The first-order chi connectivity index (χ1) is 12.1. The van der Waals surface area contributed by atoms with E-state index in [-0.39, 0.29) is 24.0 Å². The summed E-state index contributed by atoms with van der Waals surface area (Å²) >= 11 is 0. The Bertz CT molecular complexity index is 446. The molecule has 0 aromatic heterocycles. The van der Waals surface area contributed by atoms with Crippen molar-refractivity contribution in [2.45, 2.75) is 116 Å². The Balaban J connectivity index is 2.37. The zero-order valence-corrected chi connectivity index (χ0v) is 17.9. The zero-order valence-electron chi connectivity index (χ0n) is 16.9. The SMILES string of the molecule is CCC[Si](CCC)(CCC)N1C(=O)C(CC)N(C2CCCCC2)C1=O. The molecule has 0 spiro atoms. The molecular formula is C20H38N2O2Si. The summed E-state index contributed by atoms with van der Waals surface area (Å²) < 4.78 is 1.87. The summed E-state index contributed by atoms with van der Waals surface area (Å²) in [5, 5.41) is 0. The van der Waals surface area contributed by atoms with Crippen molar-refractivity contribution in [1.82, 2.24) is 9.47 Å². The molecule has 1 saturated heterocycles. The zero-order chi connectivity index (χ0) is 18.4. The summed E-state index contributed by atoms with van der Waals surface area (Å²) in [6.45, 7) is 8.68. The molecule has 0 bridgehead atoms. The van der Waals surface area contributed by atoms with Crippen LogP contribution in [0.1, 0.15) is 85.5 Å². The fraction of sp³-hybridized carbons (Fsp3) is 0.900. The number of hydrogen-bond acceptors (Lipinski definition) is 2. The van der Waals surface area contributed by atoms with Crippen molar-refractivity contribution in [2.24, 2.45) is 0 Å². The maximum Gasteiger partial charge on any atom is 0.319 e. The van der Waals surface area contributed by atoms with Gasteiger partial charge in [0.25, 0.3) is 0 Å². The van der Waals surface area contributed by atoms with E-state index in [1.165, 1.54) is 19.3 Å². The van der Waals surface area contributed by atoms with Crippen LogP contribution in [0.5, 0.6) is 0 Å². The standard InChI is InChI=1S/C20H38N2O2Si/c1-5-14-25(15-6-2,16-7-3)22-19(23)18(8-4)21(20(22)24)17-12-10-9-11-13-17/h17-18H,5-16H2,1-4H3. The van der Waals surface area contributed by atoms with Gasteiger partial charge in [0.05, 0.1) is 0 Å². The van der Waals surface area contributed by atoms with E-state index in [0.717, 1.165) is 56.7 Å². The molecular weight excluding hydrogens is 328 g/mol. The van der Waals surface area contributed by atoms with Crippen molar-refractivity contribution in [3.63, 3.8) is 0 Å². The molecule has 5 heteroatoms. The Kier molecular flexibility index (Phi) is 7.53. The Morgan fingerprint density at radius 3 is 1.84 bits per heavy atom. The quantitative estimate of drug-likeness (QED) is 0.397. The van der Waals surface area contributed by atoms with Gasteiger partial charge in [-0.05, 0) is 37.4 Å².